The third kappa shape index (κ3) is 4.22. The topological polar surface area (TPSA) is 91.1 Å². The van der Waals surface area contributed by atoms with Gasteiger partial charge in [0.2, 0.25) is 0 Å². The Morgan fingerprint density at radius 2 is 1.92 bits per heavy atom. The zero-order chi connectivity index (χ0) is 17.8. The zero-order valence-corrected chi connectivity index (χ0v) is 15.0. The lowest BCUT2D eigenvalue weighted by Gasteiger charge is -2.27. The Morgan fingerprint density at radius 3 is 2.68 bits per heavy atom. The highest BCUT2D eigenvalue weighted by Crippen LogP contribution is 2.28. The summed E-state index contributed by atoms with van der Waals surface area (Å²) in [6, 6.07) is 0. The van der Waals surface area contributed by atoms with Crippen molar-refractivity contribution in [1.29, 1.82) is 0 Å². The molecule has 7 heteroatoms. The van der Waals surface area contributed by atoms with E-state index in [1.54, 1.807) is 9.80 Å². The molecule has 138 valence electrons. The number of fused-ring (bicyclic) bond motifs is 1. The molecule has 1 fully saturated rings. The summed E-state index contributed by atoms with van der Waals surface area (Å²) >= 11 is 0. The van der Waals surface area contributed by atoms with E-state index < -0.39 is 11.5 Å². The lowest BCUT2D eigenvalue weighted by molar-refractivity contribution is -1.00. The highest BCUT2D eigenvalue weighted by atomic mass is 16.3. The second-order valence-electron chi connectivity index (χ2n) is 7.41. The molecular weight excluding hydrogens is 320 g/mol. The minimum atomic E-state index is -0.483. The van der Waals surface area contributed by atoms with E-state index in [4.69, 9.17) is 0 Å². The molecule has 1 aliphatic carbocycles. The van der Waals surface area contributed by atoms with Crippen LogP contribution in [0.25, 0.3) is 0 Å². The molecule has 0 unspecified atom stereocenters. The lowest BCUT2D eigenvalue weighted by Crippen LogP contribution is -3.27. The number of hydrogen-bond donors (Lipinski definition) is 5. The number of aromatic hydroxyl groups is 1. The molecule has 0 bridgehead atoms. The second kappa shape index (κ2) is 8.01. The summed E-state index contributed by atoms with van der Waals surface area (Å²) in [7, 11) is 2.22. The van der Waals surface area contributed by atoms with Gasteiger partial charge in [-0.25, -0.2) is 0 Å². The molecule has 5 N–H and O–H groups in total. The largest absolute Gasteiger partial charge is 0.507 e. The van der Waals surface area contributed by atoms with E-state index in [9.17, 15) is 14.7 Å². The SMILES string of the molecule is C[NH+]1CC[NH+](CCCNC(=O)c2c(O)c3c([nH]c2=O)CCCC3)CC1. The number of amides is 1. The van der Waals surface area contributed by atoms with Crippen LogP contribution in [-0.2, 0) is 12.8 Å². The van der Waals surface area contributed by atoms with Gasteiger partial charge in [0.05, 0.1) is 13.6 Å². The van der Waals surface area contributed by atoms with Crippen LogP contribution in [0.3, 0.4) is 0 Å². The van der Waals surface area contributed by atoms with Crippen molar-refractivity contribution in [3.8, 4) is 5.75 Å². The molecule has 1 aromatic heterocycles. The Morgan fingerprint density at radius 1 is 1.20 bits per heavy atom. The molecule has 0 radical (unpaired) electrons. The van der Waals surface area contributed by atoms with Crippen LogP contribution >= 0.6 is 0 Å². The third-order valence-electron chi connectivity index (χ3n) is 5.51. The maximum Gasteiger partial charge on any atom is 0.264 e. The number of quaternary nitrogens is 2. The summed E-state index contributed by atoms with van der Waals surface area (Å²) in [5.74, 6) is -0.589. The van der Waals surface area contributed by atoms with Gasteiger partial charge < -0.3 is 25.2 Å². The van der Waals surface area contributed by atoms with Crippen molar-refractivity contribution in [2.75, 3.05) is 46.3 Å². The summed E-state index contributed by atoms with van der Waals surface area (Å²) in [6.07, 6.45) is 4.33. The maximum absolute atomic E-state index is 12.4. The van der Waals surface area contributed by atoms with Crippen LogP contribution in [-0.4, -0.2) is 62.3 Å². The van der Waals surface area contributed by atoms with Gasteiger partial charge in [-0.05, 0) is 25.7 Å². The van der Waals surface area contributed by atoms with E-state index >= 15 is 0 Å². The third-order valence-corrected chi connectivity index (χ3v) is 5.51. The lowest BCUT2D eigenvalue weighted by atomic mass is 9.93. The maximum atomic E-state index is 12.4. The number of likely N-dealkylation sites (N-methyl/N-ethyl adjacent to an activating group) is 1. The molecule has 25 heavy (non-hydrogen) atoms. The molecular formula is C18H30N4O3+2. The van der Waals surface area contributed by atoms with E-state index in [2.05, 4.69) is 17.3 Å². The van der Waals surface area contributed by atoms with E-state index in [1.165, 1.54) is 26.2 Å². The summed E-state index contributed by atoms with van der Waals surface area (Å²) in [5.41, 5.74) is 0.908. The smallest absolute Gasteiger partial charge is 0.264 e. The molecule has 1 amide bonds. The van der Waals surface area contributed by atoms with Gasteiger partial charge in [-0.15, -0.1) is 0 Å². The molecule has 7 nitrogen and oxygen atoms in total. The summed E-state index contributed by atoms with van der Waals surface area (Å²) in [6.45, 7) is 6.29. The van der Waals surface area contributed by atoms with Gasteiger partial charge in [0.1, 0.15) is 37.5 Å². The van der Waals surface area contributed by atoms with Gasteiger partial charge in [-0.3, -0.25) is 9.59 Å². The van der Waals surface area contributed by atoms with Gasteiger partial charge in [0.15, 0.2) is 0 Å². The molecule has 1 saturated heterocycles. The van der Waals surface area contributed by atoms with E-state index in [-0.39, 0.29) is 11.3 Å². The highest BCUT2D eigenvalue weighted by molar-refractivity contribution is 5.96. The van der Waals surface area contributed by atoms with Gasteiger partial charge in [-0.1, -0.05) is 0 Å². The molecule has 0 saturated carbocycles. The quantitative estimate of drug-likeness (QED) is 0.380. The van der Waals surface area contributed by atoms with Crippen molar-refractivity contribution in [1.82, 2.24) is 10.3 Å². The number of piperazine rings is 1. The van der Waals surface area contributed by atoms with Crippen LogP contribution in [0.4, 0.5) is 0 Å². The Balaban J connectivity index is 1.54. The standard InChI is InChI=1S/C18H28N4O3/c1-21-9-11-22(12-10-21)8-4-7-19-17(24)15-16(23)13-5-2-3-6-14(13)20-18(15)25/h2-12H2,1H3,(H,19,24)(H2,20,23,25)/p+2. The van der Waals surface area contributed by atoms with Gasteiger partial charge in [-0.2, -0.15) is 0 Å². The first-order valence-corrected chi connectivity index (χ1v) is 9.46. The molecule has 1 aliphatic heterocycles. The number of pyridine rings is 1. The molecule has 2 heterocycles. The average molecular weight is 350 g/mol. The van der Waals surface area contributed by atoms with Crippen molar-refractivity contribution in [2.45, 2.75) is 32.1 Å². The molecule has 0 atom stereocenters. The number of rotatable bonds is 5. The summed E-state index contributed by atoms with van der Waals surface area (Å²) in [4.78, 5) is 30.5. The van der Waals surface area contributed by atoms with Crippen LogP contribution in [0, 0.1) is 0 Å². The Bertz CT molecular complexity index is 678. The Kier molecular flexibility index (Phi) is 5.75. The monoisotopic (exact) mass is 350 g/mol. The summed E-state index contributed by atoms with van der Waals surface area (Å²) in [5, 5.41) is 13.2. The number of carbonyl (C=O) groups is 1. The summed E-state index contributed by atoms with van der Waals surface area (Å²) < 4.78 is 0. The van der Waals surface area contributed by atoms with Crippen LogP contribution in [0.2, 0.25) is 0 Å². The number of hydrogen-bond acceptors (Lipinski definition) is 3. The molecule has 0 spiro atoms. The van der Waals surface area contributed by atoms with E-state index in [0.717, 1.165) is 43.5 Å². The fourth-order valence-electron chi connectivity index (χ4n) is 3.88. The van der Waals surface area contributed by atoms with Crippen LogP contribution in [0.1, 0.15) is 40.9 Å². The van der Waals surface area contributed by atoms with Crippen molar-refractivity contribution in [3.05, 3.63) is 27.2 Å². The fourth-order valence-corrected chi connectivity index (χ4v) is 3.88. The Labute approximate surface area is 148 Å². The minimum absolute atomic E-state index is 0.122. The van der Waals surface area contributed by atoms with Crippen LogP contribution in [0.15, 0.2) is 4.79 Å². The first-order valence-electron chi connectivity index (χ1n) is 9.46. The Hall–Kier alpha value is -1.86. The zero-order valence-electron chi connectivity index (χ0n) is 15.0. The predicted octanol–water partition coefficient (Wildman–Crippen LogP) is -2.51. The second-order valence-corrected chi connectivity index (χ2v) is 7.41. The molecule has 2 aliphatic rings. The predicted molar refractivity (Wildman–Crippen MR) is 94.5 cm³/mol. The van der Waals surface area contributed by atoms with Crippen molar-refractivity contribution >= 4 is 5.91 Å². The number of nitrogens with one attached hydrogen (secondary N) is 4. The first kappa shape index (κ1) is 17.9. The van der Waals surface area contributed by atoms with Crippen LogP contribution in [0.5, 0.6) is 5.75 Å². The normalized spacial score (nSPS) is 23.1. The van der Waals surface area contributed by atoms with Gasteiger partial charge in [0, 0.05) is 24.2 Å². The molecule has 3 rings (SSSR count). The van der Waals surface area contributed by atoms with Gasteiger partial charge in [0.25, 0.3) is 11.5 Å². The van der Waals surface area contributed by atoms with Crippen LogP contribution < -0.4 is 20.7 Å². The molecule has 0 aromatic carbocycles. The average Bonchev–Trinajstić information content (AvgIpc) is 2.60. The van der Waals surface area contributed by atoms with E-state index in [0.29, 0.717) is 13.0 Å². The number of aromatic nitrogens is 1. The fraction of sp³-hybridized carbons (Fsp3) is 0.667. The van der Waals surface area contributed by atoms with Crippen molar-refractivity contribution in [2.24, 2.45) is 0 Å². The van der Waals surface area contributed by atoms with Crippen molar-refractivity contribution < 1.29 is 19.7 Å². The first-order chi connectivity index (χ1) is 12.1. The number of aromatic amines is 1. The van der Waals surface area contributed by atoms with Crippen molar-refractivity contribution in [3.63, 3.8) is 0 Å². The number of aryl methyl sites for hydroxylation is 1. The molecule has 1 aromatic rings. The number of H-pyrrole nitrogens is 1. The minimum Gasteiger partial charge on any atom is -0.507 e. The van der Waals surface area contributed by atoms with Gasteiger partial charge >= 0.3 is 0 Å². The van der Waals surface area contributed by atoms with E-state index in [1.807, 2.05) is 0 Å². The number of carbonyl (C=O) groups excluding carboxylic acids is 1. The highest BCUT2D eigenvalue weighted by Gasteiger charge is 2.24.